The Kier molecular flexibility index (Phi) is 6.20. The molecular formula is C20H22ClN7O. The van der Waals surface area contributed by atoms with Gasteiger partial charge in [0.2, 0.25) is 0 Å². The highest BCUT2D eigenvalue weighted by Gasteiger charge is 2.20. The predicted octanol–water partition coefficient (Wildman–Crippen LogP) is 2.74. The van der Waals surface area contributed by atoms with Crippen LogP contribution in [0, 0.1) is 25.2 Å². The van der Waals surface area contributed by atoms with Crippen molar-refractivity contribution >= 4 is 23.3 Å². The molecule has 1 amide bonds. The van der Waals surface area contributed by atoms with Gasteiger partial charge in [-0.15, -0.1) is 0 Å². The van der Waals surface area contributed by atoms with Crippen LogP contribution in [0.4, 0.5) is 5.82 Å². The standard InChI is InChI=1S/C20H22ClN7O/c1-12-5-7-14(8-6-12)11-28-18(21)17(13(2)27-28)20(29)24-9-3-4-16-15(10-22)19(23)26-25-16/h5-8H,3-4,9,11H2,1-2H3,(H,24,29)(H3,23,25,26). The lowest BCUT2D eigenvalue weighted by atomic mass is 10.1. The quantitative estimate of drug-likeness (QED) is 0.515. The van der Waals surface area contributed by atoms with E-state index in [1.54, 1.807) is 11.6 Å². The number of anilines is 1. The highest BCUT2D eigenvalue weighted by atomic mass is 35.5. The first-order chi connectivity index (χ1) is 13.9. The topological polar surface area (TPSA) is 125 Å². The van der Waals surface area contributed by atoms with Crippen LogP contribution >= 0.6 is 11.6 Å². The molecule has 0 aliphatic carbocycles. The van der Waals surface area contributed by atoms with Gasteiger partial charge in [-0.2, -0.15) is 15.5 Å². The van der Waals surface area contributed by atoms with E-state index in [0.717, 1.165) is 5.56 Å². The summed E-state index contributed by atoms with van der Waals surface area (Å²) in [7, 11) is 0. The summed E-state index contributed by atoms with van der Waals surface area (Å²) in [4.78, 5) is 12.6. The predicted molar refractivity (Wildman–Crippen MR) is 111 cm³/mol. The lowest BCUT2D eigenvalue weighted by Crippen LogP contribution is -2.25. The molecule has 0 spiro atoms. The second kappa shape index (κ2) is 8.80. The average molecular weight is 412 g/mol. The SMILES string of the molecule is Cc1ccc(Cn2nc(C)c(C(=O)NCCCc3[nH]nc(N)c3C#N)c2Cl)cc1. The van der Waals surface area contributed by atoms with Crippen LogP contribution in [0.25, 0.3) is 0 Å². The molecule has 4 N–H and O–H groups in total. The number of aromatic amines is 1. The number of hydrogen-bond donors (Lipinski definition) is 3. The molecule has 8 nitrogen and oxygen atoms in total. The van der Waals surface area contributed by atoms with Gasteiger partial charge in [0.05, 0.1) is 23.5 Å². The van der Waals surface area contributed by atoms with Crippen LogP contribution in [0.2, 0.25) is 5.15 Å². The average Bonchev–Trinajstić information content (AvgIpc) is 3.19. The summed E-state index contributed by atoms with van der Waals surface area (Å²) in [6, 6.07) is 10.1. The number of nitrogen functional groups attached to an aromatic ring is 1. The monoisotopic (exact) mass is 411 g/mol. The molecule has 0 aliphatic heterocycles. The summed E-state index contributed by atoms with van der Waals surface area (Å²) in [5, 5.41) is 23.2. The van der Waals surface area contributed by atoms with Crippen LogP contribution in [0.3, 0.4) is 0 Å². The second-order valence-electron chi connectivity index (χ2n) is 6.83. The van der Waals surface area contributed by atoms with Crippen molar-refractivity contribution in [2.75, 3.05) is 12.3 Å². The fraction of sp³-hybridized carbons (Fsp3) is 0.300. The van der Waals surface area contributed by atoms with Crippen LogP contribution in [-0.2, 0) is 13.0 Å². The Morgan fingerprint density at radius 3 is 2.76 bits per heavy atom. The number of carbonyl (C=O) groups is 1. The van der Waals surface area contributed by atoms with E-state index in [9.17, 15) is 4.79 Å². The molecule has 2 heterocycles. The molecular weight excluding hydrogens is 390 g/mol. The van der Waals surface area contributed by atoms with E-state index in [1.807, 2.05) is 37.3 Å². The van der Waals surface area contributed by atoms with Crippen molar-refractivity contribution in [3.05, 3.63) is 63.1 Å². The van der Waals surface area contributed by atoms with E-state index < -0.39 is 0 Å². The first kappa shape index (κ1) is 20.4. The van der Waals surface area contributed by atoms with Gasteiger partial charge < -0.3 is 11.1 Å². The number of halogens is 1. The van der Waals surface area contributed by atoms with E-state index >= 15 is 0 Å². The smallest absolute Gasteiger partial charge is 0.256 e. The van der Waals surface area contributed by atoms with Crippen molar-refractivity contribution in [1.29, 1.82) is 5.26 Å². The molecule has 0 unspecified atom stereocenters. The molecule has 3 rings (SSSR count). The molecule has 2 aromatic heterocycles. The maximum atomic E-state index is 12.6. The van der Waals surface area contributed by atoms with Crippen LogP contribution in [0.1, 0.15) is 44.9 Å². The molecule has 0 aliphatic rings. The third-order valence-corrected chi connectivity index (χ3v) is 5.00. The van der Waals surface area contributed by atoms with E-state index in [4.69, 9.17) is 22.6 Å². The summed E-state index contributed by atoms with van der Waals surface area (Å²) in [5.74, 6) is -0.0813. The third kappa shape index (κ3) is 4.58. The highest BCUT2D eigenvalue weighted by molar-refractivity contribution is 6.33. The molecule has 9 heteroatoms. The van der Waals surface area contributed by atoms with Crippen molar-refractivity contribution in [2.24, 2.45) is 0 Å². The molecule has 0 fully saturated rings. The Balaban J connectivity index is 1.60. The summed E-state index contributed by atoms with van der Waals surface area (Å²) in [5.41, 5.74) is 9.83. The summed E-state index contributed by atoms with van der Waals surface area (Å²) in [6.07, 6.45) is 1.17. The fourth-order valence-corrected chi connectivity index (χ4v) is 3.36. The van der Waals surface area contributed by atoms with Crippen molar-refractivity contribution in [3.8, 4) is 6.07 Å². The third-order valence-electron chi connectivity index (χ3n) is 4.62. The number of benzene rings is 1. The molecule has 0 bridgehead atoms. The van der Waals surface area contributed by atoms with Crippen LogP contribution in [0.5, 0.6) is 0 Å². The number of amides is 1. The number of aryl methyl sites for hydroxylation is 3. The number of nitriles is 1. The van der Waals surface area contributed by atoms with Crippen LogP contribution in [0.15, 0.2) is 24.3 Å². The van der Waals surface area contributed by atoms with Gasteiger partial charge in [0.1, 0.15) is 16.8 Å². The van der Waals surface area contributed by atoms with E-state index in [-0.39, 0.29) is 11.7 Å². The number of rotatable bonds is 7. The lowest BCUT2D eigenvalue weighted by Gasteiger charge is -2.06. The van der Waals surface area contributed by atoms with Crippen LogP contribution in [-0.4, -0.2) is 32.4 Å². The molecule has 0 atom stereocenters. The minimum absolute atomic E-state index is 0.190. The number of H-pyrrole nitrogens is 1. The van der Waals surface area contributed by atoms with Crippen molar-refractivity contribution in [2.45, 2.75) is 33.2 Å². The molecule has 0 radical (unpaired) electrons. The Labute approximate surface area is 173 Å². The molecule has 3 aromatic rings. The summed E-state index contributed by atoms with van der Waals surface area (Å²) < 4.78 is 1.63. The Morgan fingerprint density at radius 1 is 1.34 bits per heavy atom. The molecule has 1 aromatic carbocycles. The van der Waals surface area contributed by atoms with Gasteiger partial charge >= 0.3 is 0 Å². The van der Waals surface area contributed by atoms with E-state index in [0.29, 0.717) is 53.6 Å². The number of nitrogens with zero attached hydrogens (tertiary/aromatic N) is 4. The number of carbonyl (C=O) groups excluding carboxylic acids is 1. The number of nitrogens with one attached hydrogen (secondary N) is 2. The van der Waals surface area contributed by atoms with Gasteiger partial charge in [-0.3, -0.25) is 9.89 Å². The van der Waals surface area contributed by atoms with Gasteiger partial charge in [0.15, 0.2) is 5.82 Å². The number of nitrogens with two attached hydrogens (primary N) is 1. The normalized spacial score (nSPS) is 10.7. The first-order valence-corrected chi connectivity index (χ1v) is 9.58. The Morgan fingerprint density at radius 2 is 2.07 bits per heavy atom. The van der Waals surface area contributed by atoms with Crippen molar-refractivity contribution in [1.82, 2.24) is 25.3 Å². The van der Waals surface area contributed by atoms with Gasteiger partial charge in [-0.05, 0) is 32.3 Å². The number of aromatic nitrogens is 4. The zero-order valence-electron chi connectivity index (χ0n) is 16.3. The molecule has 0 saturated carbocycles. The zero-order valence-corrected chi connectivity index (χ0v) is 17.0. The minimum atomic E-state index is -0.271. The molecule has 29 heavy (non-hydrogen) atoms. The zero-order chi connectivity index (χ0) is 21.0. The maximum absolute atomic E-state index is 12.6. The van der Waals surface area contributed by atoms with Gasteiger partial charge in [0, 0.05) is 6.54 Å². The van der Waals surface area contributed by atoms with Gasteiger partial charge in [-0.25, -0.2) is 4.68 Å². The fourth-order valence-electron chi connectivity index (χ4n) is 3.04. The van der Waals surface area contributed by atoms with E-state index in [2.05, 4.69) is 20.6 Å². The van der Waals surface area contributed by atoms with E-state index in [1.165, 1.54) is 5.56 Å². The Hall–Kier alpha value is -3.31. The van der Waals surface area contributed by atoms with Crippen molar-refractivity contribution in [3.63, 3.8) is 0 Å². The van der Waals surface area contributed by atoms with Gasteiger partial charge in [0.25, 0.3) is 5.91 Å². The largest absolute Gasteiger partial charge is 0.381 e. The maximum Gasteiger partial charge on any atom is 0.256 e. The lowest BCUT2D eigenvalue weighted by molar-refractivity contribution is 0.0952. The molecule has 0 saturated heterocycles. The first-order valence-electron chi connectivity index (χ1n) is 9.20. The second-order valence-corrected chi connectivity index (χ2v) is 7.19. The number of hydrogen-bond acceptors (Lipinski definition) is 5. The molecule has 150 valence electrons. The summed E-state index contributed by atoms with van der Waals surface area (Å²) >= 11 is 6.43. The van der Waals surface area contributed by atoms with Crippen LogP contribution < -0.4 is 11.1 Å². The minimum Gasteiger partial charge on any atom is -0.381 e. The summed E-state index contributed by atoms with van der Waals surface area (Å²) in [6.45, 7) is 4.70. The Bertz CT molecular complexity index is 1060. The van der Waals surface area contributed by atoms with Gasteiger partial charge in [-0.1, -0.05) is 41.4 Å². The highest BCUT2D eigenvalue weighted by Crippen LogP contribution is 2.21. The van der Waals surface area contributed by atoms with Crippen molar-refractivity contribution < 1.29 is 4.79 Å².